The highest BCUT2D eigenvalue weighted by Crippen LogP contribution is 2.27. The predicted molar refractivity (Wildman–Crippen MR) is 146 cm³/mol. The Morgan fingerprint density at radius 2 is 0.722 bits per heavy atom. The summed E-state index contributed by atoms with van der Waals surface area (Å²) in [5.41, 5.74) is 5.70. The molecule has 0 spiro atoms. The maximum absolute atomic E-state index is 13.0. The van der Waals surface area contributed by atoms with Crippen LogP contribution in [-0.4, -0.2) is 11.6 Å². The van der Waals surface area contributed by atoms with Crippen molar-refractivity contribution >= 4 is 34.3 Å². The van der Waals surface area contributed by atoms with E-state index in [4.69, 9.17) is 0 Å². The van der Waals surface area contributed by atoms with Gasteiger partial charge in [-0.25, -0.2) is 0 Å². The van der Waals surface area contributed by atoms with Gasteiger partial charge in [-0.05, 0) is 48.5 Å². The summed E-state index contributed by atoms with van der Waals surface area (Å²) in [6.45, 7) is 0. The van der Waals surface area contributed by atoms with Gasteiger partial charge in [0.05, 0.1) is 0 Å². The van der Waals surface area contributed by atoms with Crippen LogP contribution in [0, 0.1) is 0 Å². The van der Waals surface area contributed by atoms with E-state index in [0.29, 0.717) is 22.3 Å². The monoisotopic (exact) mass is 468 g/mol. The van der Waals surface area contributed by atoms with Crippen molar-refractivity contribution in [3.05, 3.63) is 156 Å². The molecule has 5 aromatic carbocycles. The van der Waals surface area contributed by atoms with Crippen LogP contribution in [-0.2, 0) is 0 Å². The van der Waals surface area contributed by atoms with Crippen LogP contribution in [0.25, 0.3) is 0 Å². The summed E-state index contributed by atoms with van der Waals surface area (Å²) in [5.74, 6) is -0.0617. The Balaban J connectivity index is 1.34. The Kier molecular flexibility index (Phi) is 6.68. The molecule has 0 unspecified atom stereocenters. The number of carbonyl (C=O) groups excluding carboxylic acids is 2. The standard InChI is InChI=1S/C32H24N2O2/c35-31(23-11-3-1-4-12-23)27-15-7-9-17-29(27)33-25-19-21-26(22-20-25)34-30-18-10-8-16-28(30)32(36)24-13-5-2-6-14-24/h1-22,33-34H. The second-order valence-electron chi connectivity index (χ2n) is 8.31. The van der Waals surface area contributed by atoms with Gasteiger partial charge in [0.25, 0.3) is 0 Å². The third-order valence-corrected chi connectivity index (χ3v) is 5.86. The molecule has 0 radical (unpaired) electrons. The second kappa shape index (κ2) is 10.5. The summed E-state index contributed by atoms with van der Waals surface area (Å²) in [7, 11) is 0. The number of carbonyl (C=O) groups is 2. The topological polar surface area (TPSA) is 58.2 Å². The molecule has 5 rings (SSSR count). The highest BCUT2D eigenvalue weighted by molar-refractivity contribution is 6.13. The Morgan fingerprint density at radius 3 is 1.11 bits per heavy atom. The average Bonchev–Trinajstić information content (AvgIpc) is 2.95. The number of hydrogen-bond acceptors (Lipinski definition) is 4. The maximum Gasteiger partial charge on any atom is 0.195 e. The van der Waals surface area contributed by atoms with Crippen molar-refractivity contribution in [1.82, 2.24) is 0 Å². The van der Waals surface area contributed by atoms with Crippen molar-refractivity contribution in [3.63, 3.8) is 0 Å². The number of hydrogen-bond donors (Lipinski definition) is 2. The van der Waals surface area contributed by atoms with Crippen molar-refractivity contribution in [2.24, 2.45) is 0 Å². The van der Waals surface area contributed by atoms with Crippen molar-refractivity contribution in [1.29, 1.82) is 0 Å². The van der Waals surface area contributed by atoms with Gasteiger partial charge in [0.15, 0.2) is 11.6 Å². The number of ketones is 2. The zero-order valence-electron chi connectivity index (χ0n) is 19.5. The SMILES string of the molecule is O=C(c1ccccc1)c1ccccc1Nc1ccc(Nc2ccccc2C(=O)c2ccccc2)cc1. The summed E-state index contributed by atoms with van der Waals surface area (Å²) >= 11 is 0. The second-order valence-corrected chi connectivity index (χ2v) is 8.31. The molecule has 4 nitrogen and oxygen atoms in total. The molecule has 0 heterocycles. The molecule has 0 aliphatic carbocycles. The van der Waals surface area contributed by atoms with E-state index in [1.54, 1.807) is 0 Å². The van der Waals surface area contributed by atoms with E-state index in [9.17, 15) is 9.59 Å². The van der Waals surface area contributed by atoms with Crippen molar-refractivity contribution in [3.8, 4) is 0 Å². The van der Waals surface area contributed by atoms with Gasteiger partial charge in [0.1, 0.15) is 0 Å². The van der Waals surface area contributed by atoms with Crippen LogP contribution < -0.4 is 10.6 Å². The van der Waals surface area contributed by atoms with Crippen LogP contribution in [0.1, 0.15) is 31.8 Å². The van der Waals surface area contributed by atoms with Crippen LogP contribution >= 0.6 is 0 Å². The Labute approximate surface area is 210 Å². The first kappa shape index (κ1) is 22.8. The number of rotatable bonds is 8. The molecular weight excluding hydrogens is 444 g/mol. The fourth-order valence-electron chi connectivity index (χ4n) is 4.02. The Morgan fingerprint density at radius 1 is 0.389 bits per heavy atom. The molecule has 0 saturated carbocycles. The fourth-order valence-corrected chi connectivity index (χ4v) is 4.02. The first-order valence-corrected chi connectivity index (χ1v) is 11.7. The van der Waals surface area contributed by atoms with Crippen molar-refractivity contribution < 1.29 is 9.59 Å². The van der Waals surface area contributed by atoms with Gasteiger partial charge < -0.3 is 10.6 Å². The average molecular weight is 469 g/mol. The third kappa shape index (κ3) is 5.08. The molecule has 0 bridgehead atoms. The molecule has 0 atom stereocenters. The zero-order valence-corrected chi connectivity index (χ0v) is 19.5. The Hall–Kier alpha value is -4.96. The minimum atomic E-state index is -0.0309. The number of para-hydroxylation sites is 2. The van der Waals surface area contributed by atoms with Crippen molar-refractivity contribution in [2.45, 2.75) is 0 Å². The zero-order chi connectivity index (χ0) is 24.7. The minimum absolute atomic E-state index is 0.0309. The van der Waals surface area contributed by atoms with E-state index < -0.39 is 0 Å². The molecule has 0 aliphatic rings. The maximum atomic E-state index is 13.0. The lowest BCUT2D eigenvalue weighted by Gasteiger charge is -2.14. The lowest BCUT2D eigenvalue weighted by Crippen LogP contribution is -2.06. The number of benzene rings is 5. The smallest absolute Gasteiger partial charge is 0.195 e. The van der Waals surface area contributed by atoms with Crippen LogP contribution in [0.4, 0.5) is 22.7 Å². The number of nitrogens with one attached hydrogen (secondary N) is 2. The largest absolute Gasteiger partial charge is 0.355 e. The van der Waals surface area contributed by atoms with E-state index in [1.807, 2.05) is 133 Å². The van der Waals surface area contributed by atoms with Crippen molar-refractivity contribution in [2.75, 3.05) is 10.6 Å². The van der Waals surface area contributed by atoms with Gasteiger partial charge in [-0.3, -0.25) is 9.59 Å². The van der Waals surface area contributed by atoms with Gasteiger partial charge >= 0.3 is 0 Å². The molecule has 0 amide bonds. The summed E-state index contributed by atoms with van der Waals surface area (Å²) < 4.78 is 0. The Bertz CT molecular complexity index is 1380. The molecule has 5 aromatic rings. The molecule has 36 heavy (non-hydrogen) atoms. The van der Waals surface area contributed by atoms with Crippen LogP contribution in [0.3, 0.4) is 0 Å². The van der Waals surface area contributed by atoms with E-state index >= 15 is 0 Å². The van der Waals surface area contributed by atoms with Gasteiger partial charge in [-0.1, -0.05) is 84.9 Å². The summed E-state index contributed by atoms with van der Waals surface area (Å²) in [6, 6.07) is 41.3. The van der Waals surface area contributed by atoms with E-state index in [2.05, 4.69) is 10.6 Å². The predicted octanol–water partition coefficient (Wildman–Crippen LogP) is 7.64. The normalized spacial score (nSPS) is 10.4. The van der Waals surface area contributed by atoms with E-state index in [1.165, 1.54) is 0 Å². The molecule has 2 N–H and O–H groups in total. The van der Waals surface area contributed by atoms with Crippen LogP contribution in [0.2, 0.25) is 0 Å². The molecule has 4 heteroatoms. The van der Waals surface area contributed by atoms with E-state index in [-0.39, 0.29) is 11.6 Å². The molecule has 0 aromatic heterocycles. The van der Waals surface area contributed by atoms with Gasteiger partial charge in [0, 0.05) is 45.0 Å². The van der Waals surface area contributed by atoms with Gasteiger partial charge in [-0.2, -0.15) is 0 Å². The minimum Gasteiger partial charge on any atom is -0.355 e. The van der Waals surface area contributed by atoms with Gasteiger partial charge in [0.2, 0.25) is 0 Å². The first-order chi connectivity index (χ1) is 17.7. The summed E-state index contributed by atoms with van der Waals surface area (Å²) in [6.07, 6.45) is 0. The van der Waals surface area contributed by atoms with Gasteiger partial charge in [-0.15, -0.1) is 0 Å². The van der Waals surface area contributed by atoms with E-state index in [0.717, 1.165) is 22.7 Å². The summed E-state index contributed by atoms with van der Waals surface area (Å²) in [4.78, 5) is 26.1. The molecule has 0 aliphatic heterocycles. The molecule has 0 fully saturated rings. The quantitative estimate of drug-likeness (QED) is 0.230. The van der Waals surface area contributed by atoms with Crippen LogP contribution in [0.15, 0.2) is 133 Å². The molecule has 0 saturated heterocycles. The third-order valence-electron chi connectivity index (χ3n) is 5.86. The lowest BCUT2D eigenvalue weighted by atomic mass is 10.0. The molecule has 174 valence electrons. The fraction of sp³-hybridized carbons (Fsp3) is 0. The lowest BCUT2D eigenvalue weighted by molar-refractivity contribution is 0.103. The summed E-state index contributed by atoms with van der Waals surface area (Å²) in [5, 5.41) is 6.73. The number of anilines is 4. The van der Waals surface area contributed by atoms with Crippen LogP contribution in [0.5, 0.6) is 0 Å². The molecular formula is C32H24N2O2. The highest BCUT2D eigenvalue weighted by atomic mass is 16.1. The highest BCUT2D eigenvalue weighted by Gasteiger charge is 2.14. The first-order valence-electron chi connectivity index (χ1n) is 11.7.